The predicted octanol–water partition coefficient (Wildman–Crippen LogP) is 13.9. The van der Waals surface area contributed by atoms with Crippen LogP contribution in [-0.4, -0.2) is 37.2 Å². The second kappa shape index (κ2) is 40.9. The van der Waals surface area contributed by atoms with Gasteiger partial charge in [-0.25, -0.2) is 0 Å². The fraction of sp³-hybridized carbons (Fsp3) is 0.889. The van der Waals surface area contributed by atoms with E-state index in [1.54, 1.807) is 0 Å². The minimum atomic E-state index is -0.760. The minimum Gasteiger partial charge on any atom is -0.462 e. The molecule has 0 amide bonds. The third-order valence-corrected chi connectivity index (χ3v) is 9.77. The van der Waals surface area contributed by atoms with Gasteiger partial charge in [-0.1, -0.05) is 187 Å². The van der Waals surface area contributed by atoms with Crippen molar-refractivity contribution in [1.29, 1.82) is 0 Å². The van der Waals surface area contributed by atoms with Crippen molar-refractivity contribution < 1.29 is 28.6 Å². The Hall–Kier alpha value is -1.85. The van der Waals surface area contributed by atoms with Crippen molar-refractivity contribution in [1.82, 2.24) is 0 Å². The van der Waals surface area contributed by atoms with Crippen LogP contribution >= 0.6 is 0 Å². The Morgan fingerprint density at radius 1 is 0.373 bits per heavy atom. The van der Waals surface area contributed by atoms with Crippen LogP contribution in [-0.2, 0) is 28.6 Å². The maximum atomic E-state index is 12.6. The molecule has 0 heterocycles. The summed E-state index contributed by atoms with van der Waals surface area (Å²) in [5.41, 5.74) is 0. The summed E-state index contributed by atoms with van der Waals surface area (Å²) in [5, 5.41) is 0. The standard InChI is InChI=1S/C45H84O6/c1-4-7-10-13-16-18-19-20-21-22-23-24-25-26-28-29-32-35-38-44(47)50-41-42(40-49-43(46)37-34-31-15-12-9-6-3)51-45(48)39-36-33-30-27-17-14-11-8-5-2/h21-22,42H,4-20,23-41H2,1-3H3/b22-21-. The molecule has 0 aromatic carbocycles. The van der Waals surface area contributed by atoms with Gasteiger partial charge >= 0.3 is 17.9 Å². The Morgan fingerprint density at radius 2 is 0.647 bits per heavy atom. The van der Waals surface area contributed by atoms with E-state index >= 15 is 0 Å². The van der Waals surface area contributed by atoms with Gasteiger partial charge in [-0.3, -0.25) is 14.4 Å². The van der Waals surface area contributed by atoms with Crippen molar-refractivity contribution in [2.45, 2.75) is 245 Å². The quantitative estimate of drug-likeness (QED) is 0.0271. The molecule has 1 atom stereocenters. The number of unbranched alkanes of at least 4 members (excludes halogenated alkanes) is 27. The first-order chi connectivity index (χ1) is 25.0. The molecule has 6 nitrogen and oxygen atoms in total. The zero-order valence-electron chi connectivity index (χ0n) is 34.1. The molecule has 300 valence electrons. The van der Waals surface area contributed by atoms with Crippen LogP contribution in [0.3, 0.4) is 0 Å². The summed E-state index contributed by atoms with van der Waals surface area (Å²) in [6, 6.07) is 0. The SMILES string of the molecule is CCCCCCCCC/C=C\CCCCCCCCCC(=O)OCC(COC(=O)CCCCCCCC)OC(=O)CCCCCCCCCCC. The fourth-order valence-corrected chi connectivity index (χ4v) is 6.38. The summed E-state index contributed by atoms with van der Waals surface area (Å²) < 4.78 is 16.6. The second-order valence-corrected chi connectivity index (χ2v) is 15.0. The lowest BCUT2D eigenvalue weighted by Gasteiger charge is -2.18. The van der Waals surface area contributed by atoms with Gasteiger partial charge in [0.05, 0.1) is 0 Å². The molecule has 0 aromatic rings. The minimum absolute atomic E-state index is 0.0690. The van der Waals surface area contributed by atoms with Crippen LogP contribution in [0.25, 0.3) is 0 Å². The number of allylic oxidation sites excluding steroid dienone is 2. The van der Waals surface area contributed by atoms with E-state index in [1.807, 2.05) is 0 Å². The molecular formula is C45H84O6. The van der Waals surface area contributed by atoms with Crippen LogP contribution in [0.1, 0.15) is 239 Å². The number of esters is 3. The lowest BCUT2D eigenvalue weighted by molar-refractivity contribution is -0.167. The number of rotatable bonds is 40. The maximum absolute atomic E-state index is 12.6. The molecule has 51 heavy (non-hydrogen) atoms. The van der Waals surface area contributed by atoms with Gasteiger partial charge in [-0.05, 0) is 44.9 Å². The monoisotopic (exact) mass is 721 g/mol. The van der Waals surface area contributed by atoms with Crippen LogP contribution in [0.5, 0.6) is 0 Å². The molecule has 0 N–H and O–H groups in total. The normalized spacial score (nSPS) is 12.0. The smallest absolute Gasteiger partial charge is 0.306 e. The fourth-order valence-electron chi connectivity index (χ4n) is 6.38. The van der Waals surface area contributed by atoms with E-state index in [1.165, 1.54) is 141 Å². The van der Waals surface area contributed by atoms with Crippen molar-refractivity contribution in [3.8, 4) is 0 Å². The van der Waals surface area contributed by atoms with Crippen LogP contribution < -0.4 is 0 Å². The molecule has 0 saturated carbocycles. The third kappa shape index (κ3) is 39.2. The van der Waals surface area contributed by atoms with Crippen molar-refractivity contribution in [2.24, 2.45) is 0 Å². The maximum Gasteiger partial charge on any atom is 0.306 e. The Balaban J connectivity index is 4.17. The molecular weight excluding hydrogens is 636 g/mol. The zero-order valence-corrected chi connectivity index (χ0v) is 34.1. The number of carbonyl (C=O) groups excluding carboxylic acids is 3. The molecule has 6 heteroatoms. The lowest BCUT2D eigenvalue weighted by Crippen LogP contribution is -2.30. The largest absolute Gasteiger partial charge is 0.462 e. The average Bonchev–Trinajstić information content (AvgIpc) is 3.12. The zero-order chi connectivity index (χ0) is 37.3. The van der Waals surface area contributed by atoms with Gasteiger partial charge in [0.2, 0.25) is 0 Å². The Labute approximate surface area is 316 Å². The Kier molecular flexibility index (Phi) is 39.4. The molecule has 0 radical (unpaired) electrons. The van der Waals surface area contributed by atoms with E-state index in [0.29, 0.717) is 19.3 Å². The van der Waals surface area contributed by atoms with E-state index in [2.05, 4.69) is 32.9 Å². The number of hydrogen-bond donors (Lipinski definition) is 0. The van der Waals surface area contributed by atoms with E-state index in [-0.39, 0.29) is 31.1 Å². The van der Waals surface area contributed by atoms with Crippen LogP contribution in [0.15, 0.2) is 12.2 Å². The molecule has 0 aliphatic carbocycles. The van der Waals surface area contributed by atoms with Gasteiger partial charge in [0.1, 0.15) is 13.2 Å². The van der Waals surface area contributed by atoms with Gasteiger partial charge in [-0.2, -0.15) is 0 Å². The van der Waals surface area contributed by atoms with Crippen molar-refractivity contribution >= 4 is 17.9 Å². The van der Waals surface area contributed by atoms with Gasteiger partial charge < -0.3 is 14.2 Å². The van der Waals surface area contributed by atoms with Gasteiger partial charge in [0.25, 0.3) is 0 Å². The van der Waals surface area contributed by atoms with Crippen molar-refractivity contribution in [3.05, 3.63) is 12.2 Å². The summed E-state index contributed by atoms with van der Waals surface area (Å²) in [7, 11) is 0. The summed E-state index contributed by atoms with van der Waals surface area (Å²) in [5.74, 6) is -0.880. The molecule has 0 aliphatic rings. The van der Waals surface area contributed by atoms with Gasteiger partial charge in [0.15, 0.2) is 6.10 Å². The summed E-state index contributed by atoms with van der Waals surface area (Å²) >= 11 is 0. The van der Waals surface area contributed by atoms with Crippen LogP contribution in [0, 0.1) is 0 Å². The topological polar surface area (TPSA) is 78.9 Å². The molecule has 0 rings (SSSR count). The van der Waals surface area contributed by atoms with Gasteiger partial charge in [-0.15, -0.1) is 0 Å². The van der Waals surface area contributed by atoms with Crippen LogP contribution in [0.4, 0.5) is 0 Å². The Morgan fingerprint density at radius 3 is 0.980 bits per heavy atom. The third-order valence-electron chi connectivity index (χ3n) is 9.77. The highest BCUT2D eigenvalue weighted by Gasteiger charge is 2.19. The molecule has 0 fully saturated rings. The second-order valence-electron chi connectivity index (χ2n) is 15.0. The average molecular weight is 721 g/mol. The molecule has 1 unspecified atom stereocenters. The first kappa shape index (κ1) is 49.1. The van der Waals surface area contributed by atoms with E-state index in [4.69, 9.17) is 14.2 Å². The van der Waals surface area contributed by atoms with Crippen molar-refractivity contribution in [3.63, 3.8) is 0 Å². The number of carbonyl (C=O) groups is 3. The van der Waals surface area contributed by atoms with E-state index in [0.717, 1.165) is 57.8 Å². The molecule has 0 spiro atoms. The highest BCUT2D eigenvalue weighted by molar-refractivity contribution is 5.71. The summed E-state index contributed by atoms with van der Waals surface area (Å²) in [6.07, 6.45) is 42.2. The molecule has 0 saturated heterocycles. The molecule has 0 bridgehead atoms. The Bertz CT molecular complexity index is 794. The van der Waals surface area contributed by atoms with Crippen molar-refractivity contribution in [2.75, 3.05) is 13.2 Å². The van der Waals surface area contributed by atoms with E-state index in [9.17, 15) is 14.4 Å². The summed E-state index contributed by atoms with van der Waals surface area (Å²) in [4.78, 5) is 37.4. The van der Waals surface area contributed by atoms with Gasteiger partial charge in [0, 0.05) is 19.3 Å². The predicted molar refractivity (Wildman–Crippen MR) is 215 cm³/mol. The lowest BCUT2D eigenvalue weighted by atomic mass is 10.1. The summed E-state index contributed by atoms with van der Waals surface area (Å²) in [6.45, 7) is 6.55. The van der Waals surface area contributed by atoms with E-state index < -0.39 is 6.10 Å². The first-order valence-electron chi connectivity index (χ1n) is 22.2. The highest BCUT2D eigenvalue weighted by atomic mass is 16.6. The first-order valence-corrected chi connectivity index (χ1v) is 22.2. The van der Waals surface area contributed by atoms with Crippen LogP contribution in [0.2, 0.25) is 0 Å². The number of hydrogen-bond acceptors (Lipinski definition) is 6. The highest BCUT2D eigenvalue weighted by Crippen LogP contribution is 2.14. The molecule has 0 aliphatic heterocycles. The number of ether oxygens (including phenoxy) is 3. The molecule has 0 aromatic heterocycles.